The van der Waals surface area contributed by atoms with Crippen LogP contribution in [0.3, 0.4) is 0 Å². The van der Waals surface area contributed by atoms with Gasteiger partial charge in [0, 0.05) is 12.6 Å². The van der Waals surface area contributed by atoms with Crippen molar-refractivity contribution in [3.8, 4) is 0 Å². The molecule has 5 nitrogen and oxygen atoms in total. The second-order valence-electron chi connectivity index (χ2n) is 6.18. The van der Waals surface area contributed by atoms with Gasteiger partial charge in [-0.3, -0.25) is 9.59 Å². The average molecular weight is 267 g/mol. The summed E-state index contributed by atoms with van der Waals surface area (Å²) in [4.78, 5) is 25.8. The van der Waals surface area contributed by atoms with Gasteiger partial charge in [0.25, 0.3) is 0 Å². The number of amides is 2. The molecule has 1 heterocycles. The van der Waals surface area contributed by atoms with Gasteiger partial charge >= 0.3 is 0 Å². The van der Waals surface area contributed by atoms with Crippen molar-refractivity contribution in [3.05, 3.63) is 0 Å². The zero-order valence-electron chi connectivity index (χ0n) is 11.8. The van der Waals surface area contributed by atoms with Crippen LogP contribution in [0.2, 0.25) is 0 Å². The predicted molar refractivity (Wildman–Crippen MR) is 73.4 cm³/mol. The van der Waals surface area contributed by atoms with Crippen LogP contribution in [0.25, 0.3) is 0 Å². The summed E-state index contributed by atoms with van der Waals surface area (Å²) < 4.78 is 0. The Morgan fingerprint density at radius 1 is 1.32 bits per heavy atom. The Hall–Kier alpha value is -1.10. The fourth-order valence-electron chi connectivity index (χ4n) is 3.34. The molecule has 5 heteroatoms. The molecule has 108 valence electrons. The van der Waals surface area contributed by atoms with E-state index in [1.165, 1.54) is 0 Å². The Kier molecular flexibility index (Phi) is 4.45. The van der Waals surface area contributed by atoms with Gasteiger partial charge in [-0.05, 0) is 39.2 Å². The molecule has 2 amide bonds. The van der Waals surface area contributed by atoms with E-state index in [-0.39, 0.29) is 23.9 Å². The number of nitrogens with zero attached hydrogens (tertiary/aromatic N) is 1. The van der Waals surface area contributed by atoms with E-state index in [0.29, 0.717) is 6.54 Å². The maximum Gasteiger partial charge on any atom is 0.237 e. The summed E-state index contributed by atoms with van der Waals surface area (Å²) in [6.45, 7) is 3.75. The van der Waals surface area contributed by atoms with Crippen molar-refractivity contribution in [2.75, 3.05) is 19.6 Å². The van der Waals surface area contributed by atoms with Gasteiger partial charge in [-0.1, -0.05) is 12.8 Å². The first-order valence-corrected chi connectivity index (χ1v) is 7.33. The number of hydrogen-bond acceptors (Lipinski definition) is 3. The maximum atomic E-state index is 12.8. The highest BCUT2D eigenvalue weighted by Gasteiger charge is 2.40. The van der Waals surface area contributed by atoms with Gasteiger partial charge < -0.3 is 16.0 Å². The number of nitrogens with one attached hydrogen (secondary N) is 1. The van der Waals surface area contributed by atoms with Crippen molar-refractivity contribution in [3.63, 3.8) is 0 Å². The summed E-state index contributed by atoms with van der Waals surface area (Å²) in [5.41, 5.74) is 4.94. The quantitative estimate of drug-likeness (QED) is 0.784. The predicted octanol–water partition coefficient (Wildman–Crippen LogP) is 0.633. The molecule has 1 saturated carbocycles. The van der Waals surface area contributed by atoms with Crippen molar-refractivity contribution in [2.24, 2.45) is 11.1 Å². The number of nitrogens with two attached hydrogens (primary N) is 1. The summed E-state index contributed by atoms with van der Waals surface area (Å²) in [7, 11) is 0. The van der Waals surface area contributed by atoms with Crippen molar-refractivity contribution >= 4 is 11.8 Å². The van der Waals surface area contributed by atoms with Crippen LogP contribution in [0.4, 0.5) is 0 Å². The van der Waals surface area contributed by atoms with Crippen LogP contribution in [-0.4, -0.2) is 42.4 Å². The van der Waals surface area contributed by atoms with Crippen LogP contribution in [0, 0.1) is 5.41 Å². The Balaban J connectivity index is 2.11. The molecule has 0 bridgehead atoms. The summed E-state index contributed by atoms with van der Waals surface area (Å²) in [5, 5.41) is 3.29. The zero-order chi connectivity index (χ0) is 13.9. The lowest BCUT2D eigenvalue weighted by Crippen LogP contribution is -2.54. The SMILES string of the molecule is CC1(C(=O)N(CC(N)=O)C2CCCC2)CCCNC1. The molecule has 2 fully saturated rings. The minimum atomic E-state index is -0.410. The molecular formula is C14H25N3O2. The Bertz CT molecular complexity index is 345. The third-order valence-electron chi connectivity index (χ3n) is 4.47. The van der Waals surface area contributed by atoms with Crippen molar-refractivity contribution in [2.45, 2.75) is 51.5 Å². The summed E-state index contributed by atoms with van der Waals surface area (Å²) in [6, 6.07) is 0.207. The Labute approximate surface area is 114 Å². The number of carbonyl (C=O) groups excluding carboxylic acids is 2. The van der Waals surface area contributed by atoms with Crippen molar-refractivity contribution in [1.82, 2.24) is 10.2 Å². The molecule has 0 aromatic carbocycles. The summed E-state index contributed by atoms with van der Waals surface area (Å²) in [5.74, 6) is -0.307. The first-order valence-electron chi connectivity index (χ1n) is 7.33. The minimum Gasteiger partial charge on any atom is -0.368 e. The molecule has 2 rings (SSSR count). The number of piperidine rings is 1. The fraction of sp³-hybridized carbons (Fsp3) is 0.857. The molecular weight excluding hydrogens is 242 g/mol. The third kappa shape index (κ3) is 3.26. The number of primary amides is 1. The standard InChI is InChI=1S/C14H25N3O2/c1-14(7-4-8-16-10-14)13(19)17(9-12(15)18)11-5-2-3-6-11/h11,16H,2-10H2,1H3,(H2,15,18). The van der Waals surface area contributed by atoms with Crippen LogP contribution in [0.5, 0.6) is 0 Å². The lowest BCUT2D eigenvalue weighted by molar-refractivity contribution is -0.147. The molecule has 1 unspecified atom stereocenters. The van der Waals surface area contributed by atoms with E-state index in [0.717, 1.165) is 45.1 Å². The normalized spacial score (nSPS) is 28.3. The van der Waals surface area contributed by atoms with E-state index in [1.54, 1.807) is 4.90 Å². The lowest BCUT2D eigenvalue weighted by Gasteiger charge is -2.39. The second-order valence-corrected chi connectivity index (χ2v) is 6.18. The van der Waals surface area contributed by atoms with Gasteiger partial charge in [-0.2, -0.15) is 0 Å². The summed E-state index contributed by atoms with van der Waals surface area (Å²) in [6.07, 6.45) is 6.19. The molecule has 1 aliphatic carbocycles. The zero-order valence-corrected chi connectivity index (χ0v) is 11.8. The maximum absolute atomic E-state index is 12.8. The first kappa shape index (κ1) is 14.3. The highest BCUT2D eigenvalue weighted by molar-refractivity contribution is 5.87. The average Bonchev–Trinajstić information content (AvgIpc) is 2.89. The largest absolute Gasteiger partial charge is 0.368 e. The van der Waals surface area contributed by atoms with Gasteiger partial charge in [0.15, 0.2) is 0 Å². The highest BCUT2D eigenvalue weighted by atomic mass is 16.2. The topological polar surface area (TPSA) is 75.4 Å². The summed E-state index contributed by atoms with van der Waals surface area (Å²) >= 11 is 0. The van der Waals surface area contributed by atoms with Crippen molar-refractivity contribution < 1.29 is 9.59 Å². The van der Waals surface area contributed by atoms with E-state index < -0.39 is 5.91 Å². The van der Waals surface area contributed by atoms with E-state index in [1.807, 2.05) is 6.92 Å². The number of hydrogen-bond donors (Lipinski definition) is 2. The van der Waals surface area contributed by atoms with Gasteiger partial charge in [0.1, 0.15) is 0 Å². The van der Waals surface area contributed by atoms with E-state index >= 15 is 0 Å². The monoisotopic (exact) mass is 267 g/mol. The van der Waals surface area contributed by atoms with Crippen LogP contribution in [-0.2, 0) is 9.59 Å². The lowest BCUT2D eigenvalue weighted by atomic mass is 9.81. The van der Waals surface area contributed by atoms with Gasteiger partial charge in [0.05, 0.1) is 12.0 Å². The van der Waals surface area contributed by atoms with Crippen LogP contribution < -0.4 is 11.1 Å². The fourth-order valence-corrected chi connectivity index (χ4v) is 3.34. The Morgan fingerprint density at radius 3 is 2.53 bits per heavy atom. The molecule has 2 aliphatic rings. The smallest absolute Gasteiger partial charge is 0.237 e. The van der Waals surface area contributed by atoms with Crippen LogP contribution in [0.1, 0.15) is 45.4 Å². The number of carbonyl (C=O) groups is 2. The molecule has 0 aromatic rings. The molecule has 1 atom stereocenters. The van der Waals surface area contributed by atoms with Gasteiger partial charge in [0.2, 0.25) is 11.8 Å². The number of rotatable bonds is 4. The van der Waals surface area contributed by atoms with Crippen molar-refractivity contribution in [1.29, 1.82) is 0 Å². The van der Waals surface area contributed by atoms with E-state index in [2.05, 4.69) is 5.32 Å². The second kappa shape index (κ2) is 5.90. The third-order valence-corrected chi connectivity index (χ3v) is 4.47. The minimum absolute atomic E-state index is 0.0685. The molecule has 1 saturated heterocycles. The van der Waals surface area contributed by atoms with E-state index in [4.69, 9.17) is 5.73 Å². The van der Waals surface area contributed by atoms with Crippen LogP contribution >= 0.6 is 0 Å². The van der Waals surface area contributed by atoms with Gasteiger partial charge in [-0.15, -0.1) is 0 Å². The Morgan fingerprint density at radius 2 is 2.00 bits per heavy atom. The molecule has 19 heavy (non-hydrogen) atoms. The highest BCUT2D eigenvalue weighted by Crippen LogP contribution is 2.32. The molecule has 0 radical (unpaired) electrons. The molecule has 1 aliphatic heterocycles. The van der Waals surface area contributed by atoms with E-state index in [9.17, 15) is 9.59 Å². The first-order chi connectivity index (χ1) is 9.03. The van der Waals surface area contributed by atoms with Gasteiger partial charge in [-0.25, -0.2) is 0 Å². The molecule has 3 N–H and O–H groups in total. The van der Waals surface area contributed by atoms with Crippen LogP contribution in [0.15, 0.2) is 0 Å². The molecule has 0 spiro atoms. The molecule has 0 aromatic heterocycles.